The Bertz CT molecular complexity index is 280. The monoisotopic (exact) mass is 228 g/mol. The zero-order valence-electron chi connectivity index (χ0n) is 10.1. The van der Waals surface area contributed by atoms with Gasteiger partial charge in [-0.1, -0.05) is 0 Å². The van der Waals surface area contributed by atoms with Gasteiger partial charge in [0.25, 0.3) is 0 Å². The zero-order valence-corrected chi connectivity index (χ0v) is 10.1. The fourth-order valence-corrected chi connectivity index (χ4v) is 1.96. The van der Waals surface area contributed by atoms with Crippen LogP contribution in [0, 0.1) is 0 Å². The van der Waals surface area contributed by atoms with Crippen molar-refractivity contribution >= 4 is 11.9 Å². The van der Waals surface area contributed by atoms with Crippen LogP contribution in [0.1, 0.15) is 26.2 Å². The van der Waals surface area contributed by atoms with E-state index in [9.17, 15) is 9.59 Å². The molecule has 0 aliphatic carbocycles. The van der Waals surface area contributed by atoms with Crippen LogP contribution in [0.15, 0.2) is 0 Å². The zero-order chi connectivity index (χ0) is 12.3. The number of nitrogens with zero attached hydrogens (tertiary/aromatic N) is 2. The summed E-state index contributed by atoms with van der Waals surface area (Å²) in [5, 5.41) is 8.81. The molecule has 16 heavy (non-hydrogen) atoms. The second-order valence-corrected chi connectivity index (χ2v) is 4.50. The predicted molar refractivity (Wildman–Crippen MR) is 60.1 cm³/mol. The molecule has 1 N–H and O–H groups in total. The minimum Gasteiger partial charge on any atom is -0.480 e. The Morgan fingerprint density at radius 3 is 2.62 bits per heavy atom. The van der Waals surface area contributed by atoms with E-state index in [2.05, 4.69) is 4.90 Å². The molecule has 1 amide bonds. The summed E-state index contributed by atoms with van der Waals surface area (Å²) < 4.78 is 0. The molecule has 0 bridgehead atoms. The lowest BCUT2D eigenvalue weighted by molar-refractivity contribution is -0.148. The standard InChI is InChI=1S/C11H20N2O3/c1-8(11(15)16)13(3)10(14)7-9-5-4-6-12(9)2/h8-9H,4-7H2,1-3H3,(H,15,16). The fraction of sp³-hybridized carbons (Fsp3) is 0.818. The van der Waals surface area contributed by atoms with Crippen molar-refractivity contribution in [2.24, 2.45) is 0 Å². The average Bonchev–Trinajstić information content (AvgIpc) is 2.62. The van der Waals surface area contributed by atoms with Crippen LogP contribution in [0.4, 0.5) is 0 Å². The molecule has 1 aliphatic heterocycles. The summed E-state index contributed by atoms with van der Waals surface area (Å²) >= 11 is 0. The molecule has 2 unspecified atom stereocenters. The van der Waals surface area contributed by atoms with Gasteiger partial charge in [-0.05, 0) is 33.4 Å². The highest BCUT2D eigenvalue weighted by atomic mass is 16.4. The number of carbonyl (C=O) groups is 2. The summed E-state index contributed by atoms with van der Waals surface area (Å²) in [6.07, 6.45) is 2.56. The van der Waals surface area contributed by atoms with Gasteiger partial charge in [0.2, 0.25) is 5.91 Å². The Hall–Kier alpha value is -1.10. The van der Waals surface area contributed by atoms with Crippen LogP contribution in [-0.4, -0.2) is 59.5 Å². The number of carboxylic acid groups (broad SMARTS) is 1. The van der Waals surface area contributed by atoms with Crippen molar-refractivity contribution in [1.82, 2.24) is 9.80 Å². The van der Waals surface area contributed by atoms with Gasteiger partial charge in [-0.25, -0.2) is 4.79 Å². The van der Waals surface area contributed by atoms with Crippen molar-refractivity contribution in [2.45, 2.75) is 38.3 Å². The Kier molecular flexibility index (Phi) is 4.29. The Morgan fingerprint density at radius 1 is 1.56 bits per heavy atom. The van der Waals surface area contributed by atoms with Crippen molar-refractivity contribution in [1.29, 1.82) is 0 Å². The fourth-order valence-electron chi connectivity index (χ4n) is 1.96. The molecule has 0 radical (unpaired) electrons. The van der Waals surface area contributed by atoms with E-state index in [1.807, 2.05) is 7.05 Å². The first-order chi connectivity index (χ1) is 7.43. The van der Waals surface area contributed by atoms with Gasteiger partial charge in [-0.3, -0.25) is 4.79 Å². The van der Waals surface area contributed by atoms with Crippen molar-refractivity contribution in [3.63, 3.8) is 0 Å². The summed E-state index contributed by atoms with van der Waals surface area (Å²) in [5.41, 5.74) is 0. The highest BCUT2D eigenvalue weighted by Gasteiger charge is 2.27. The number of hydrogen-bond donors (Lipinski definition) is 1. The highest BCUT2D eigenvalue weighted by molar-refractivity contribution is 5.83. The maximum atomic E-state index is 11.8. The van der Waals surface area contributed by atoms with Crippen molar-refractivity contribution in [2.75, 3.05) is 20.6 Å². The minimum atomic E-state index is -0.962. The summed E-state index contributed by atoms with van der Waals surface area (Å²) in [6.45, 7) is 2.55. The van der Waals surface area contributed by atoms with E-state index in [0.29, 0.717) is 6.42 Å². The van der Waals surface area contributed by atoms with Crippen LogP contribution in [0.5, 0.6) is 0 Å². The largest absolute Gasteiger partial charge is 0.480 e. The average molecular weight is 228 g/mol. The SMILES string of the molecule is CC(C(=O)O)N(C)C(=O)CC1CCCN1C. The van der Waals surface area contributed by atoms with Gasteiger partial charge >= 0.3 is 5.97 Å². The highest BCUT2D eigenvalue weighted by Crippen LogP contribution is 2.18. The number of hydrogen-bond acceptors (Lipinski definition) is 3. The Balaban J connectivity index is 2.48. The molecule has 5 heteroatoms. The molecule has 0 aromatic rings. The molecule has 0 aromatic carbocycles. The van der Waals surface area contributed by atoms with Crippen molar-refractivity contribution in [3.05, 3.63) is 0 Å². The molecule has 0 aromatic heterocycles. The van der Waals surface area contributed by atoms with Crippen LogP contribution in [0.2, 0.25) is 0 Å². The van der Waals surface area contributed by atoms with E-state index in [0.717, 1.165) is 19.4 Å². The van der Waals surface area contributed by atoms with Gasteiger partial charge < -0.3 is 14.9 Å². The van der Waals surface area contributed by atoms with Crippen LogP contribution < -0.4 is 0 Å². The second kappa shape index (κ2) is 5.30. The molecular weight excluding hydrogens is 208 g/mol. The van der Waals surface area contributed by atoms with Crippen molar-refractivity contribution < 1.29 is 14.7 Å². The first kappa shape index (κ1) is 13.0. The molecule has 1 heterocycles. The van der Waals surface area contributed by atoms with E-state index in [1.54, 1.807) is 7.05 Å². The Morgan fingerprint density at radius 2 is 2.19 bits per heavy atom. The first-order valence-corrected chi connectivity index (χ1v) is 5.62. The Labute approximate surface area is 96.0 Å². The van der Waals surface area contributed by atoms with Gasteiger partial charge in [0.1, 0.15) is 6.04 Å². The second-order valence-electron chi connectivity index (χ2n) is 4.50. The number of aliphatic carboxylic acids is 1. The molecule has 1 fully saturated rings. The maximum Gasteiger partial charge on any atom is 0.326 e. The number of likely N-dealkylation sites (N-methyl/N-ethyl adjacent to an activating group) is 1. The molecule has 0 spiro atoms. The number of carbonyl (C=O) groups excluding carboxylic acids is 1. The van der Waals surface area contributed by atoms with E-state index < -0.39 is 12.0 Å². The van der Waals surface area contributed by atoms with Crippen LogP contribution in [0.25, 0.3) is 0 Å². The third-order valence-electron chi connectivity index (χ3n) is 3.41. The number of likely N-dealkylation sites (tertiary alicyclic amines) is 1. The van der Waals surface area contributed by atoms with Crippen molar-refractivity contribution in [3.8, 4) is 0 Å². The molecule has 92 valence electrons. The topological polar surface area (TPSA) is 60.9 Å². The van der Waals surface area contributed by atoms with Crippen LogP contribution in [0.3, 0.4) is 0 Å². The molecule has 0 saturated carbocycles. The lowest BCUT2D eigenvalue weighted by atomic mass is 10.1. The molecule has 1 saturated heterocycles. The van der Waals surface area contributed by atoms with Crippen LogP contribution in [-0.2, 0) is 9.59 Å². The summed E-state index contributed by atoms with van der Waals surface area (Å²) in [5.74, 6) is -1.05. The quantitative estimate of drug-likeness (QED) is 0.756. The van der Waals surface area contributed by atoms with Gasteiger partial charge in [0, 0.05) is 19.5 Å². The van der Waals surface area contributed by atoms with Gasteiger partial charge in [0.15, 0.2) is 0 Å². The van der Waals surface area contributed by atoms with Gasteiger partial charge in [0.05, 0.1) is 0 Å². The smallest absolute Gasteiger partial charge is 0.326 e. The molecular formula is C11H20N2O3. The number of rotatable bonds is 4. The third kappa shape index (κ3) is 2.95. The number of carboxylic acids is 1. The maximum absolute atomic E-state index is 11.8. The molecule has 5 nitrogen and oxygen atoms in total. The lowest BCUT2D eigenvalue weighted by Crippen LogP contribution is -2.42. The number of amides is 1. The van der Waals surface area contributed by atoms with E-state index in [4.69, 9.17) is 5.11 Å². The summed E-state index contributed by atoms with van der Waals surface area (Å²) in [6, 6.07) is -0.477. The minimum absolute atomic E-state index is 0.0892. The molecule has 2 atom stereocenters. The summed E-state index contributed by atoms with van der Waals surface area (Å²) in [4.78, 5) is 26.0. The van der Waals surface area contributed by atoms with Crippen LogP contribution >= 0.6 is 0 Å². The van der Waals surface area contributed by atoms with E-state index in [-0.39, 0.29) is 11.9 Å². The molecule has 1 rings (SSSR count). The lowest BCUT2D eigenvalue weighted by Gasteiger charge is -2.25. The van der Waals surface area contributed by atoms with E-state index in [1.165, 1.54) is 11.8 Å². The van der Waals surface area contributed by atoms with E-state index >= 15 is 0 Å². The summed E-state index contributed by atoms with van der Waals surface area (Å²) in [7, 11) is 3.56. The predicted octanol–water partition coefficient (Wildman–Crippen LogP) is 0.402. The first-order valence-electron chi connectivity index (χ1n) is 5.62. The normalized spacial score (nSPS) is 23.1. The van der Waals surface area contributed by atoms with Gasteiger partial charge in [-0.2, -0.15) is 0 Å². The molecule has 1 aliphatic rings. The third-order valence-corrected chi connectivity index (χ3v) is 3.41. The van der Waals surface area contributed by atoms with Gasteiger partial charge in [-0.15, -0.1) is 0 Å².